The minimum absolute atomic E-state index is 0.0730. The van der Waals surface area contributed by atoms with E-state index in [1.807, 2.05) is 0 Å². The van der Waals surface area contributed by atoms with Crippen LogP contribution in [0.1, 0.15) is 12.8 Å². The van der Waals surface area contributed by atoms with Crippen LogP contribution in [0.25, 0.3) is 0 Å². The van der Waals surface area contributed by atoms with Gasteiger partial charge in [0.25, 0.3) is 0 Å². The largest absolute Gasteiger partial charge is 0.480 e. The first-order valence-electron chi connectivity index (χ1n) is 11.1. The molecular weight excluding hydrogens is 470 g/mol. The number of aliphatic hydroxyl groups excluding tert-OH is 4. The number of aliphatic hydroxyl groups is 4. The highest BCUT2D eigenvalue weighted by Gasteiger charge is 2.30. The zero-order valence-corrected chi connectivity index (χ0v) is 20.1. The van der Waals surface area contributed by atoms with Crippen molar-refractivity contribution in [3.8, 4) is 0 Å². The third-order valence-electron chi connectivity index (χ3n) is 5.22. The zero-order valence-electron chi connectivity index (χ0n) is 20.1. The van der Waals surface area contributed by atoms with Gasteiger partial charge in [-0.15, -0.1) is 0 Å². The highest BCUT2D eigenvalue weighted by molar-refractivity contribution is 5.83. The van der Waals surface area contributed by atoms with Gasteiger partial charge in [0.1, 0.15) is 0 Å². The van der Waals surface area contributed by atoms with Crippen molar-refractivity contribution in [3.05, 3.63) is 0 Å². The number of carboxylic acids is 2. The van der Waals surface area contributed by atoms with Crippen LogP contribution in [-0.4, -0.2) is 155 Å². The molecule has 9 N–H and O–H groups in total. The molecule has 2 amide bonds. The van der Waals surface area contributed by atoms with E-state index in [-0.39, 0.29) is 39.0 Å². The molecule has 4 unspecified atom stereocenters. The van der Waals surface area contributed by atoms with E-state index in [9.17, 15) is 39.6 Å². The van der Waals surface area contributed by atoms with Crippen molar-refractivity contribution in [3.63, 3.8) is 0 Å². The number of aliphatic carboxylic acids is 2. The molecule has 4 atom stereocenters. The number of carboxylic acid groups (broad SMARTS) is 2. The van der Waals surface area contributed by atoms with Crippen LogP contribution in [0.3, 0.4) is 0 Å². The topological polar surface area (TPSA) is 232 Å². The third-order valence-corrected chi connectivity index (χ3v) is 5.22. The van der Waals surface area contributed by atoms with Crippen LogP contribution in [0.15, 0.2) is 0 Å². The zero-order chi connectivity index (χ0) is 27.0. The summed E-state index contributed by atoms with van der Waals surface area (Å²) < 4.78 is 0. The summed E-state index contributed by atoms with van der Waals surface area (Å²) in [6, 6.07) is -2.03. The molecule has 15 heteroatoms. The molecule has 0 radical (unpaired) electrons. The predicted octanol–water partition coefficient (Wildman–Crippen LogP) is -4.93. The Labute approximate surface area is 203 Å². The second kappa shape index (κ2) is 18.0. The van der Waals surface area contributed by atoms with E-state index in [4.69, 9.17) is 10.2 Å². The monoisotopic (exact) mass is 509 g/mol. The lowest BCUT2D eigenvalue weighted by molar-refractivity contribution is -0.142. The average molecular weight is 510 g/mol. The maximum atomic E-state index is 12.3. The van der Waals surface area contributed by atoms with Crippen molar-refractivity contribution in [1.29, 1.82) is 0 Å². The van der Waals surface area contributed by atoms with E-state index < -0.39 is 74.3 Å². The van der Waals surface area contributed by atoms with Crippen molar-refractivity contribution in [2.75, 3.05) is 66.6 Å². The van der Waals surface area contributed by atoms with E-state index in [1.165, 1.54) is 23.9 Å². The molecule has 35 heavy (non-hydrogen) atoms. The van der Waals surface area contributed by atoms with Gasteiger partial charge in [-0.1, -0.05) is 0 Å². The van der Waals surface area contributed by atoms with Crippen molar-refractivity contribution in [2.24, 2.45) is 0 Å². The molecule has 0 aliphatic carbocycles. The van der Waals surface area contributed by atoms with Crippen LogP contribution < -0.4 is 16.0 Å². The van der Waals surface area contributed by atoms with Crippen molar-refractivity contribution >= 4 is 23.8 Å². The third kappa shape index (κ3) is 13.3. The molecular formula is C20H39N5O10. The molecule has 204 valence electrons. The van der Waals surface area contributed by atoms with Gasteiger partial charge in [-0.3, -0.25) is 29.0 Å². The van der Waals surface area contributed by atoms with Gasteiger partial charge in [-0.25, -0.2) is 0 Å². The number of hydrogen-bond donors (Lipinski definition) is 9. The SMILES string of the molecule is CNC(=O)C(CC(O)CO)N(CCNCCN(CC(=O)O)C(CC(O)CO)C(=O)NC)CC(=O)O. The molecule has 0 rings (SSSR count). The second-order valence-corrected chi connectivity index (χ2v) is 7.88. The maximum Gasteiger partial charge on any atom is 0.317 e. The fourth-order valence-corrected chi connectivity index (χ4v) is 3.45. The highest BCUT2D eigenvalue weighted by Crippen LogP contribution is 2.10. The first-order valence-corrected chi connectivity index (χ1v) is 11.1. The molecule has 0 saturated heterocycles. The van der Waals surface area contributed by atoms with Crippen LogP contribution in [0, 0.1) is 0 Å². The smallest absolute Gasteiger partial charge is 0.317 e. The molecule has 0 spiro atoms. The summed E-state index contributed by atoms with van der Waals surface area (Å²) in [7, 11) is 2.73. The van der Waals surface area contributed by atoms with Crippen LogP contribution >= 0.6 is 0 Å². The Bertz CT molecular complexity index is 614. The first-order chi connectivity index (χ1) is 16.5. The number of amides is 2. The summed E-state index contributed by atoms with van der Waals surface area (Å²) in [6.45, 7) is -1.68. The predicted molar refractivity (Wildman–Crippen MR) is 122 cm³/mol. The molecule has 0 aromatic heterocycles. The summed E-state index contributed by atoms with van der Waals surface area (Å²) >= 11 is 0. The molecule has 0 heterocycles. The van der Waals surface area contributed by atoms with Crippen molar-refractivity contribution < 1.29 is 49.8 Å². The Morgan fingerprint density at radius 2 is 1.06 bits per heavy atom. The number of rotatable bonds is 20. The molecule has 0 aromatic carbocycles. The summed E-state index contributed by atoms with van der Waals surface area (Å²) in [5, 5.41) is 64.0. The maximum absolute atomic E-state index is 12.3. The number of nitrogens with zero attached hydrogens (tertiary/aromatic N) is 2. The lowest BCUT2D eigenvalue weighted by atomic mass is 10.1. The Morgan fingerprint density at radius 3 is 1.31 bits per heavy atom. The van der Waals surface area contributed by atoms with Crippen LogP contribution in [-0.2, 0) is 19.2 Å². The minimum Gasteiger partial charge on any atom is -0.480 e. The normalized spacial score (nSPS) is 14.9. The van der Waals surface area contributed by atoms with Gasteiger partial charge < -0.3 is 46.6 Å². The molecule has 15 nitrogen and oxygen atoms in total. The van der Waals surface area contributed by atoms with Gasteiger partial charge in [0, 0.05) is 53.1 Å². The molecule has 0 saturated carbocycles. The molecule has 0 aliphatic heterocycles. The molecule has 0 aromatic rings. The summed E-state index contributed by atoms with van der Waals surface area (Å²) in [4.78, 5) is 49.7. The number of carbonyl (C=O) groups excluding carboxylic acids is 2. The number of hydrogen-bond acceptors (Lipinski definition) is 11. The number of nitrogens with one attached hydrogen (secondary N) is 3. The number of carbonyl (C=O) groups is 4. The van der Waals surface area contributed by atoms with Gasteiger partial charge in [0.05, 0.1) is 50.6 Å². The summed E-state index contributed by atoms with van der Waals surface area (Å²) in [5.74, 6) is -3.44. The van der Waals surface area contributed by atoms with E-state index in [0.717, 1.165) is 0 Å². The summed E-state index contributed by atoms with van der Waals surface area (Å²) in [6.07, 6.45) is -2.81. The van der Waals surface area contributed by atoms with Gasteiger partial charge in [0.2, 0.25) is 11.8 Å². The van der Waals surface area contributed by atoms with Crippen LogP contribution in [0.2, 0.25) is 0 Å². The van der Waals surface area contributed by atoms with Crippen LogP contribution in [0.4, 0.5) is 0 Å². The van der Waals surface area contributed by atoms with Gasteiger partial charge >= 0.3 is 11.9 Å². The highest BCUT2D eigenvalue weighted by atomic mass is 16.4. The second-order valence-electron chi connectivity index (χ2n) is 7.88. The summed E-state index contributed by atoms with van der Waals surface area (Å²) in [5.41, 5.74) is 0. The molecule has 0 bridgehead atoms. The Balaban J connectivity index is 5.20. The Morgan fingerprint density at radius 1 is 0.714 bits per heavy atom. The Hall–Kier alpha value is -2.40. The quantitative estimate of drug-likeness (QED) is 0.0701. The molecule has 0 aliphatic rings. The molecule has 0 fully saturated rings. The van der Waals surface area contributed by atoms with E-state index in [2.05, 4.69) is 16.0 Å². The van der Waals surface area contributed by atoms with Crippen molar-refractivity contribution in [1.82, 2.24) is 25.8 Å². The first kappa shape index (κ1) is 32.6. The fraction of sp³-hybridized carbons (Fsp3) is 0.800. The van der Waals surface area contributed by atoms with Gasteiger partial charge in [0.15, 0.2) is 0 Å². The minimum atomic E-state index is -1.22. The number of likely N-dealkylation sites (N-methyl/N-ethyl adjacent to an activating group) is 2. The van der Waals surface area contributed by atoms with Gasteiger partial charge in [-0.2, -0.15) is 0 Å². The Kier molecular flexibility index (Phi) is 16.7. The average Bonchev–Trinajstić information content (AvgIpc) is 2.82. The van der Waals surface area contributed by atoms with E-state index in [0.29, 0.717) is 0 Å². The lowest BCUT2D eigenvalue weighted by Crippen LogP contribution is -2.53. The standard InChI is InChI=1S/C20H39N5O10/c1-21-19(34)15(7-13(28)11-26)24(9-17(30)31)5-3-23-4-6-25(10-18(32)33)16(20(35)22-2)8-14(29)12-27/h13-16,23,26-29H,3-12H2,1-2H3,(H,21,34)(H,22,35)(H,30,31)(H,32,33). The van der Waals surface area contributed by atoms with E-state index in [1.54, 1.807) is 0 Å². The van der Waals surface area contributed by atoms with Crippen LogP contribution in [0.5, 0.6) is 0 Å². The lowest BCUT2D eigenvalue weighted by Gasteiger charge is -2.31. The van der Waals surface area contributed by atoms with Gasteiger partial charge in [-0.05, 0) is 0 Å². The van der Waals surface area contributed by atoms with Crippen molar-refractivity contribution in [2.45, 2.75) is 37.1 Å². The fourth-order valence-electron chi connectivity index (χ4n) is 3.45. The van der Waals surface area contributed by atoms with E-state index >= 15 is 0 Å².